The largest absolute Gasteiger partial charge is 0.468 e. The lowest BCUT2D eigenvalue weighted by atomic mass is 9.91. The van der Waals surface area contributed by atoms with Gasteiger partial charge in [0.05, 0.1) is 6.26 Å². The minimum Gasteiger partial charge on any atom is -0.468 e. The Morgan fingerprint density at radius 1 is 1.33 bits per heavy atom. The second kappa shape index (κ2) is 3.84. The Morgan fingerprint density at radius 3 is 3.28 bits per heavy atom. The molecule has 2 bridgehead atoms. The quantitative estimate of drug-likeness (QED) is 0.846. The molecule has 2 unspecified atom stereocenters. The number of nitrogens with one attached hydrogen (secondary N) is 2. The lowest BCUT2D eigenvalue weighted by Crippen LogP contribution is -2.59. The smallest absolute Gasteiger partial charge is 0.113 e. The van der Waals surface area contributed by atoms with Crippen LogP contribution < -0.4 is 10.6 Å². The van der Waals surface area contributed by atoms with Crippen molar-refractivity contribution in [3.8, 4) is 0 Å². The van der Waals surface area contributed by atoms with Crippen LogP contribution in [0, 0.1) is 0 Å². The molecule has 94 valence electrons. The van der Waals surface area contributed by atoms with Gasteiger partial charge in [-0.15, -0.1) is 0 Å². The fraction of sp³-hybridized carbons (Fsp3) is 0.467. The maximum atomic E-state index is 5.80. The van der Waals surface area contributed by atoms with Crippen molar-refractivity contribution < 1.29 is 4.42 Å². The van der Waals surface area contributed by atoms with E-state index in [1.54, 1.807) is 0 Å². The molecule has 2 N–H and O–H groups in total. The molecule has 2 aliphatic heterocycles. The van der Waals surface area contributed by atoms with Crippen LogP contribution in [0.25, 0.3) is 10.8 Å². The van der Waals surface area contributed by atoms with E-state index in [4.69, 9.17) is 4.42 Å². The highest BCUT2D eigenvalue weighted by Gasteiger charge is 2.42. The van der Waals surface area contributed by atoms with Crippen molar-refractivity contribution in [2.75, 3.05) is 13.1 Å². The van der Waals surface area contributed by atoms with Crippen molar-refractivity contribution in [1.29, 1.82) is 0 Å². The number of piperazine rings is 1. The van der Waals surface area contributed by atoms with Crippen LogP contribution in [0.1, 0.15) is 18.6 Å². The molecule has 4 rings (SSSR count). The summed E-state index contributed by atoms with van der Waals surface area (Å²) in [6.07, 6.45) is 5.40. The molecule has 0 spiro atoms. The molecular formula is C15H18N2O. The van der Waals surface area contributed by atoms with E-state index >= 15 is 0 Å². The fourth-order valence-corrected chi connectivity index (χ4v) is 3.50. The topological polar surface area (TPSA) is 37.2 Å². The number of furan rings is 1. The Hall–Kier alpha value is -1.32. The average molecular weight is 242 g/mol. The first kappa shape index (κ1) is 10.6. The molecule has 2 aromatic rings. The molecule has 3 heterocycles. The molecule has 3 nitrogen and oxygen atoms in total. The summed E-state index contributed by atoms with van der Waals surface area (Å²) < 4.78 is 5.80. The summed E-state index contributed by atoms with van der Waals surface area (Å²) in [6.45, 7) is 2.17. The second-order valence-corrected chi connectivity index (χ2v) is 5.71. The third kappa shape index (κ3) is 1.58. The highest BCUT2D eigenvalue weighted by molar-refractivity contribution is 5.84. The molecule has 0 saturated carbocycles. The Kier molecular flexibility index (Phi) is 2.26. The van der Waals surface area contributed by atoms with Gasteiger partial charge in [0, 0.05) is 41.9 Å². The molecular weight excluding hydrogens is 224 g/mol. The van der Waals surface area contributed by atoms with Crippen molar-refractivity contribution >= 4 is 10.8 Å². The number of hydrogen-bond acceptors (Lipinski definition) is 3. The number of fused-ring (bicyclic) bond motifs is 3. The van der Waals surface area contributed by atoms with Crippen LogP contribution in [0.2, 0.25) is 0 Å². The minimum absolute atomic E-state index is 0.212. The van der Waals surface area contributed by atoms with E-state index in [9.17, 15) is 0 Å². The summed E-state index contributed by atoms with van der Waals surface area (Å²) in [5.74, 6) is 1.13. The average Bonchev–Trinajstić information content (AvgIpc) is 2.93. The van der Waals surface area contributed by atoms with Crippen LogP contribution in [0.5, 0.6) is 0 Å². The summed E-state index contributed by atoms with van der Waals surface area (Å²) in [4.78, 5) is 0. The number of hydrogen-bond donors (Lipinski definition) is 2. The standard InChI is InChI=1S/C15H18N2O/c1-2-4-13-11(3-1)9-18-14(13)7-15-6-5-12(17-15)8-16-10-15/h1-4,9,12,16-17H,5-8,10H2. The molecule has 2 fully saturated rings. The normalized spacial score (nSPS) is 31.0. The Morgan fingerprint density at radius 2 is 2.28 bits per heavy atom. The predicted octanol–water partition coefficient (Wildman–Crippen LogP) is 2.07. The Labute approximate surface area is 107 Å². The maximum Gasteiger partial charge on any atom is 0.113 e. The van der Waals surface area contributed by atoms with Gasteiger partial charge in [0.25, 0.3) is 0 Å². The first-order chi connectivity index (χ1) is 8.85. The summed E-state index contributed by atoms with van der Waals surface area (Å²) in [6, 6.07) is 9.08. The summed E-state index contributed by atoms with van der Waals surface area (Å²) in [7, 11) is 0. The van der Waals surface area contributed by atoms with Gasteiger partial charge in [0.1, 0.15) is 5.76 Å². The van der Waals surface area contributed by atoms with Crippen LogP contribution in [0.4, 0.5) is 0 Å². The SMILES string of the molecule is c1ccc2c(CC34CCC(CNC3)N4)occ2c1. The highest BCUT2D eigenvalue weighted by Crippen LogP contribution is 2.32. The fourth-order valence-electron chi connectivity index (χ4n) is 3.50. The zero-order valence-electron chi connectivity index (χ0n) is 10.4. The summed E-state index contributed by atoms with van der Waals surface area (Å²) in [5, 5.41) is 9.80. The molecule has 0 radical (unpaired) electrons. The molecule has 1 aromatic carbocycles. The minimum atomic E-state index is 0.212. The van der Waals surface area contributed by atoms with Crippen molar-refractivity contribution in [3.05, 3.63) is 36.3 Å². The third-order valence-electron chi connectivity index (χ3n) is 4.42. The van der Waals surface area contributed by atoms with Gasteiger partial charge in [-0.05, 0) is 12.8 Å². The summed E-state index contributed by atoms with van der Waals surface area (Å²) in [5.41, 5.74) is 0.212. The van der Waals surface area contributed by atoms with E-state index in [2.05, 4.69) is 34.9 Å². The monoisotopic (exact) mass is 242 g/mol. The molecule has 0 aliphatic carbocycles. The first-order valence-electron chi connectivity index (χ1n) is 6.78. The van der Waals surface area contributed by atoms with Gasteiger partial charge in [0.15, 0.2) is 0 Å². The second-order valence-electron chi connectivity index (χ2n) is 5.71. The van der Waals surface area contributed by atoms with Crippen molar-refractivity contribution in [2.24, 2.45) is 0 Å². The van der Waals surface area contributed by atoms with Gasteiger partial charge in [-0.2, -0.15) is 0 Å². The van der Waals surface area contributed by atoms with Crippen LogP contribution in [-0.4, -0.2) is 24.7 Å². The molecule has 2 aliphatic rings. The zero-order chi connectivity index (χ0) is 12.0. The van der Waals surface area contributed by atoms with E-state index in [1.165, 1.54) is 23.6 Å². The molecule has 2 saturated heterocycles. The van der Waals surface area contributed by atoms with E-state index in [-0.39, 0.29) is 5.54 Å². The van der Waals surface area contributed by atoms with E-state index in [0.717, 1.165) is 25.3 Å². The summed E-state index contributed by atoms with van der Waals surface area (Å²) >= 11 is 0. The van der Waals surface area contributed by atoms with Crippen LogP contribution in [0.15, 0.2) is 34.9 Å². The van der Waals surface area contributed by atoms with Crippen molar-refractivity contribution in [2.45, 2.75) is 30.8 Å². The number of rotatable bonds is 2. The van der Waals surface area contributed by atoms with Crippen LogP contribution in [0.3, 0.4) is 0 Å². The van der Waals surface area contributed by atoms with Gasteiger partial charge in [0.2, 0.25) is 0 Å². The van der Waals surface area contributed by atoms with Gasteiger partial charge >= 0.3 is 0 Å². The molecule has 0 amide bonds. The molecule has 2 atom stereocenters. The van der Waals surface area contributed by atoms with Crippen molar-refractivity contribution in [3.63, 3.8) is 0 Å². The van der Waals surface area contributed by atoms with Gasteiger partial charge < -0.3 is 15.1 Å². The van der Waals surface area contributed by atoms with Crippen LogP contribution in [-0.2, 0) is 6.42 Å². The lowest BCUT2D eigenvalue weighted by Gasteiger charge is -2.34. The Balaban J connectivity index is 1.68. The molecule has 3 heteroatoms. The first-order valence-corrected chi connectivity index (χ1v) is 6.78. The highest BCUT2D eigenvalue weighted by atomic mass is 16.3. The van der Waals surface area contributed by atoms with Crippen molar-refractivity contribution in [1.82, 2.24) is 10.6 Å². The zero-order valence-corrected chi connectivity index (χ0v) is 10.4. The van der Waals surface area contributed by atoms with E-state index < -0.39 is 0 Å². The van der Waals surface area contributed by atoms with E-state index in [1.807, 2.05) is 6.26 Å². The molecule has 1 aromatic heterocycles. The number of benzene rings is 1. The molecule has 18 heavy (non-hydrogen) atoms. The Bertz CT molecular complexity index is 573. The van der Waals surface area contributed by atoms with E-state index in [0.29, 0.717) is 6.04 Å². The van der Waals surface area contributed by atoms with Crippen LogP contribution >= 0.6 is 0 Å². The lowest BCUT2D eigenvalue weighted by molar-refractivity contribution is 0.277. The van der Waals surface area contributed by atoms with Gasteiger partial charge in [-0.1, -0.05) is 24.3 Å². The predicted molar refractivity (Wildman–Crippen MR) is 71.7 cm³/mol. The maximum absolute atomic E-state index is 5.80. The third-order valence-corrected chi connectivity index (χ3v) is 4.42. The van der Waals surface area contributed by atoms with Gasteiger partial charge in [-0.3, -0.25) is 0 Å². The van der Waals surface area contributed by atoms with Gasteiger partial charge in [-0.25, -0.2) is 0 Å².